The number of hydrogen-bond acceptors (Lipinski definition) is 13. The standard InChI is InChI=1S/C76H78N8O9/c1-67(2,3)89-63(85)77-23-31-81(32-24-77)71-49-39-13-14-40-42-16-18-44-46-20-22-48-47-21-19-45-43-17-15-41(39)51(71)53(43)73(83-35-27-79(28-36-83)65(87)91-69(7,8)9)55(45)57(47)75-58(48)56(46)74(84-37-29-80(30-38-84)66(88)92-70(10,11)12)54(44)52(42)72(50(40)49,60-59(71)61(73)76(75,93-75)62(60)74)82-33-25-78(26-34-82)64(86)90-68(4,5)6/h13-22H,23-38H2,1-12H3/t71-,72+,73-,74+,75?,76?. The SMILES string of the molecule is CC(C)(C)OC(=O)N1CCN([C@]23C4=C5C67OC68c6c9c%10ccc6=c6ccc%11c(c68)[C@]6(N8CCN(C(=O)OC(C)(C)C)CC8)C7=C4[C@@]4(N7CCN(C(=O)OC(C)(C)C)CC7)c7c6c=%11ccc7=c6ccc(c2c64)=c2ccc=%10c(c23)[C@]59N2CCN(C(=O)OC(C)(C)C)CC2)CC1. The van der Waals surface area contributed by atoms with Crippen molar-refractivity contribution in [1.29, 1.82) is 0 Å². The van der Waals surface area contributed by atoms with Gasteiger partial charge in [-0.2, -0.15) is 0 Å². The maximum Gasteiger partial charge on any atom is 0.410 e. The van der Waals surface area contributed by atoms with Gasteiger partial charge in [0.15, 0.2) is 11.2 Å². The van der Waals surface area contributed by atoms with E-state index >= 15 is 0 Å². The van der Waals surface area contributed by atoms with E-state index in [0.29, 0.717) is 105 Å². The molecule has 5 heterocycles. The monoisotopic (exact) mass is 1250 g/mol. The quantitative estimate of drug-likeness (QED) is 0.123. The van der Waals surface area contributed by atoms with Gasteiger partial charge >= 0.3 is 24.4 Å². The highest BCUT2D eigenvalue weighted by Gasteiger charge is 2.94. The fourth-order valence-electron chi connectivity index (χ4n) is 22.2. The number of epoxide rings is 1. The molecule has 16 aliphatic rings. The molecule has 21 rings (SSSR count). The van der Waals surface area contributed by atoms with Crippen molar-refractivity contribution in [1.82, 2.24) is 39.2 Å². The van der Waals surface area contributed by atoms with Gasteiger partial charge in [-0.25, -0.2) is 19.2 Å². The van der Waals surface area contributed by atoms with Crippen molar-refractivity contribution in [2.75, 3.05) is 105 Å². The van der Waals surface area contributed by atoms with Crippen LogP contribution < -0.4 is 0 Å². The smallest absolute Gasteiger partial charge is 0.410 e. The Hall–Kier alpha value is -7.54. The van der Waals surface area contributed by atoms with Crippen molar-refractivity contribution in [3.63, 3.8) is 0 Å². The minimum Gasteiger partial charge on any atom is -0.444 e. The number of hydrogen-bond donors (Lipinski definition) is 0. The van der Waals surface area contributed by atoms with Crippen LogP contribution in [0, 0.1) is 52.2 Å². The second-order valence-corrected chi connectivity index (χ2v) is 33.2. The van der Waals surface area contributed by atoms with E-state index in [9.17, 15) is 19.2 Å². The first-order chi connectivity index (χ1) is 44.2. The summed E-state index contributed by atoms with van der Waals surface area (Å²) in [5.74, 6) is 0. The van der Waals surface area contributed by atoms with Crippen molar-refractivity contribution in [3.8, 4) is 0 Å². The van der Waals surface area contributed by atoms with Gasteiger partial charge in [0.05, 0.1) is 22.2 Å². The second kappa shape index (κ2) is 16.0. The number of benzene rings is 5. The molecule has 4 amide bonds. The molecule has 17 heteroatoms. The lowest BCUT2D eigenvalue weighted by atomic mass is 9.51. The zero-order valence-corrected chi connectivity index (χ0v) is 55.3. The molecule has 0 radical (unpaired) electrons. The average molecular weight is 1250 g/mol. The van der Waals surface area contributed by atoms with Crippen molar-refractivity contribution in [2.45, 2.75) is 139 Å². The van der Waals surface area contributed by atoms with Gasteiger partial charge < -0.3 is 43.3 Å². The summed E-state index contributed by atoms with van der Waals surface area (Å²) in [6.45, 7) is 31.9. The molecule has 17 nitrogen and oxygen atoms in total. The molecular formula is C76H78N8O9. The van der Waals surface area contributed by atoms with Crippen LogP contribution in [0.2, 0.25) is 0 Å². The number of nitrogens with zero attached hydrogens (tertiary/aromatic N) is 8. The van der Waals surface area contributed by atoms with Crippen LogP contribution in [0.3, 0.4) is 0 Å². The van der Waals surface area contributed by atoms with Crippen LogP contribution in [0.4, 0.5) is 19.2 Å². The number of carbonyl (C=O) groups excluding carboxylic acids is 4. The number of amides is 4. The van der Waals surface area contributed by atoms with Crippen LogP contribution in [0.1, 0.15) is 139 Å². The molecule has 5 fully saturated rings. The van der Waals surface area contributed by atoms with Gasteiger partial charge in [0.25, 0.3) is 0 Å². The van der Waals surface area contributed by atoms with E-state index in [2.05, 4.69) is 80.3 Å². The van der Waals surface area contributed by atoms with Gasteiger partial charge in [-0.15, -0.1) is 0 Å². The number of piperazine rings is 4. The minimum absolute atomic E-state index is 0.288. The highest BCUT2D eigenvalue weighted by molar-refractivity contribution is 5.97. The van der Waals surface area contributed by atoms with Gasteiger partial charge in [0.2, 0.25) is 0 Å². The molecule has 0 bridgehead atoms. The van der Waals surface area contributed by atoms with Crippen LogP contribution in [-0.4, -0.2) is 196 Å². The number of carbonyl (C=O) groups is 4. The van der Waals surface area contributed by atoms with Crippen molar-refractivity contribution in [2.24, 2.45) is 0 Å². The average Bonchev–Trinajstić information content (AvgIpc) is 1.37. The Kier molecular flexibility index (Phi) is 9.46. The van der Waals surface area contributed by atoms with Crippen molar-refractivity contribution >= 4 is 24.4 Å². The Morgan fingerprint density at radius 1 is 0.290 bits per heavy atom. The molecule has 0 N–H and O–H groups in total. The summed E-state index contributed by atoms with van der Waals surface area (Å²) in [7, 11) is 0. The van der Waals surface area contributed by atoms with Crippen LogP contribution in [0.25, 0.3) is 0 Å². The lowest BCUT2D eigenvalue weighted by Crippen LogP contribution is -2.68. The maximum absolute atomic E-state index is 14.4. The van der Waals surface area contributed by atoms with E-state index in [1.807, 2.05) is 103 Å². The Bertz CT molecular complexity index is 4900. The Morgan fingerprint density at radius 3 is 0.710 bits per heavy atom. The molecule has 0 aromatic heterocycles. The van der Waals surface area contributed by atoms with E-state index in [1.54, 1.807) is 0 Å². The normalized spacial score (nSPS) is 30.6. The first kappa shape index (κ1) is 54.8. The summed E-state index contributed by atoms with van der Waals surface area (Å²) in [6.07, 6.45) is -1.16. The first-order valence-corrected chi connectivity index (χ1v) is 34.3. The van der Waals surface area contributed by atoms with E-state index in [4.69, 9.17) is 23.7 Å². The molecule has 5 aromatic carbocycles. The Balaban J connectivity index is 0.919. The van der Waals surface area contributed by atoms with Crippen LogP contribution >= 0.6 is 0 Å². The van der Waals surface area contributed by atoms with Gasteiger partial charge in [-0.3, -0.25) is 19.6 Å². The first-order valence-electron chi connectivity index (χ1n) is 34.3. The van der Waals surface area contributed by atoms with Crippen LogP contribution in [-0.2, 0) is 51.4 Å². The topological polar surface area (TPSA) is 144 Å². The van der Waals surface area contributed by atoms with Gasteiger partial charge in [0, 0.05) is 127 Å². The predicted molar refractivity (Wildman–Crippen MR) is 340 cm³/mol. The summed E-state index contributed by atoms with van der Waals surface area (Å²) in [6, 6.07) is 24.6. The maximum atomic E-state index is 14.4. The van der Waals surface area contributed by atoms with E-state index < -0.39 is 55.8 Å². The van der Waals surface area contributed by atoms with E-state index in [1.165, 1.54) is 130 Å². The van der Waals surface area contributed by atoms with Gasteiger partial charge in [0.1, 0.15) is 22.4 Å². The van der Waals surface area contributed by atoms with Gasteiger partial charge in [-0.1, -0.05) is 60.7 Å². The number of rotatable bonds is 4. The summed E-state index contributed by atoms with van der Waals surface area (Å²) in [4.78, 5) is 76.6. The zero-order chi connectivity index (χ0) is 63.7. The fraction of sp³-hybridized carbons (Fsp3) is 0.500. The number of ether oxygens (including phenoxy) is 5. The summed E-state index contributed by atoms with van der Waals surface area (Å²) in [5, 5.41) is 12.5. The van der Waals surface area contributed by atoms with Gasteiger partial charge in [-0.05, 0) is 191 Å². The molecular weight excluding hydrogens is 1170 g/mol. The van der Waals surface area contributed by atoms with E-state index in [-0.39, 0.29) is 24.4 Å². The minimum atomic E-state index is -1.02. The molecule has 2 unspecified atom stereocenters. The summed E-state index contributed by atoms with van der Waals surface area (Å²) in [5.41, 5.74) is 10.7. The molecule has 5 saturated heterocycles. The molecule has 6 atom stereocenters. The molecule has 476 valence electrons. The predicted octanol–water partition coefficient (Wildman–Crippen LogP) is 8.86. The van der Waals surface area contributed by atoms with Crippen LogP contribution in [0.15, 0.2) is 83.0 Å². The lowest BCUT2D eigenvalue weighted by molar-refractivity contribution is -0.00495. The molecule has 5 aromatic rings. The second-order valence-electron chi connectivity index (χ2n) is 33.2. The molecule has 11 aliphatic carbocycles. The third kappa shape index (κ3) is 5.66. The Morgan fingerprint density at radius 2 is 0.484 bits per heavy atom. The largest absolute Gasteiger partial charge is 0.444 e. The third-order valence-corrected chi connectivity index (χ3v) is 24.4. The third-order valence-electron chi connectivity index (χ3n) is 24.4. The highest BCUT2D eigenvalue weighted by atomic mass is 16.6. The highest BCUT2D eigenvalue weighted by Crippen LogP contribution is 2.91. The van der Waals surface area contributed by atoms with Crippen molar-refractivity contribution in [3.05, 3.63) is 191 Å². The molecule has 5 aliphatic heterocycles. The lowest BCUT2D eigenvalue weighted by Gasteiger charge is -2.63. The molecule has 0 saturated carbocycles. The molecule has 93 heavy (non-hydrogen) atoms. The Labute approximate surface area is 538 Å². The summed E-state index contributed by atoms with van der Waals surface area (Å²) < 4.78 is 33.5. The van der Waals surface area contributed by atoms with Crippen LogP contribution in [0.5, 0.6) is 0 Å². The zero-order valence-electron chi connectivity index (χ0n) is 55.3. The van der Waals surface area contributed by atoms with Crippen molar-refractivity contribution < 1.29 is 42.9 Å². The summed E-state index contributed by atoms with van der Waals surface area (Å²) >= 11 is 0. The fourth-order valence-corrected chi connectivity index (χ4v) is 22.2. The van der Waals surface area contributed by atoms with E-state index in [0.717, 1.165) is 0 Å². The molecule has 2 spiro atoms.